The molecule has 1 atom stereocenters. The molecule has 6 heteroatoms. The number of hydrogen-bond acceptors (Lipinski definition) is 5. The fraction of sp³-hybridized carbons (Fsp3) is 0.429. The van der Waals surface area contributed by atoms with Gasteiger partial charge in [0.2, 0.25) is 5.91 Å². The summed E-state index contributed by atoms with van der Waals surface area (Å²) in [7, 11) is 0. The number of para-hydroxylation sites is 1. The van der Waals surface area contributed by atoms with E-state index in [2.05, 4.69) is 15.6 Å². The first-order valence-corrected chi connectivity index (χ1v) is 7.83. The average molecular weight is 291 g/mol. The van der Waals surface area contributed by atoms with Crippen molar-refractivity contribution in [2.75, 3.05) is 18.2 Å². The number of aromatic nitrogens is 1. The van der Waals surface area contributed by atoms with Crippen molar-refractivity contribution in [3.05, 3.63) is 29.7 Å². The normalized spacial score (nSPS) is 18.6. The minimum Gasteiger partial charge on any atom is -0.441 e. The molecular formula is C14H17N3O2S. The van der Waals surface area contributed by atoms with Gasteiger partial charge in [-0.05, 0) is 18.6 Å². The molecule has 106 valence electrons. The molecule has 2 N–H and O–H groups in total. The third-order valence-corrected chi connectivity index (χ3v) is 4.28. The third-order valence-electron chi connectivity index (χ3n) is 3.34. The molecule has 20 heavy (non-hydrogen) atoms. The highest BCUT2D eigenvalue weighted by Crippen LogP contribution is 2.18. The summed E-state index contributed by atoms with van der Waals surface area (Å²) in [5.74, 6) is 2.42. The number of fused-ring (bicyclic) bond motifs is 1. The van der Waals surface area contributed by atoms with E-state index in [1.165, 1.54) is 0 Å². The lowest BCUT2D eigenvalue weighted by atomic mass is 10.2. The number of oxazole rings is 1. The van der Waals surface area contributed by atoms with Gasteiger partial charge in [0.05, 0.1) is 6.04 Å². The van der Waals surface area contributed by atoms with Crippen molar-refractivity contribution >= 4 is 28.8 Å². The lowest BCUT2D eigenvalue weighted by Gasteiger charge is -2.09. The van der Waals surface area contributed by atoms with Crippen LogP contribution >= 0.6 is 11.8 Å². The van der Waals surface area contributed by atoms with E-state index in [0.717, 1.165) is 28.3 Å². The molecule has 0 saturated carbocycles. The van der Waals surface area contributed by atoms with E-state index >= 15 is 0 Å². The Hall–Kier alpha value is -1.53. The first-order valence-electron chi connectivity index (χ1n) is 6.68. The van der Waals surface area contributed by atoms with Crippen LogP contribution in [0.2, 0.25) is 0 Å². The van der Waals surface area contributed by atoms with Crippen LogP contribution in [0.1, 0.15) is 11.5 Å². The second kappa shape index (κ2) is 5.85. The van der Waals surface area contributed by atoms with Gasteiger partial charge in [-0.2, -0.15) is 0 Å². The number of hydrogen-bond donors (Lipinski definition) is 2. The number of aryl methyl sites for hydroxylation is 1. The van der Waals surface area contributed by atoms with Gasteiger partial charge in [-0.25, -0.2) is 4.98 Å². The van der Waals surface area contributed by atoms with E-state index in [4.69, 9.17) is 4.42 Å². The summed E-state index contributed by atoms with van der Waals surface area (Å²) in [5, 5.41) is 6.06. The van der Waals surface area contributed by atoms with E-state index < -0.39 is 0 Å². The maximum atomic E-state index is 11.8. The summed E-state index contributed by atoms with van der Waals surface area (Å²) in [6.45, 7) is 2.56. The Morgan fingerprint density at radius 3 is 3.25 bits per heavy atom. The number of benzene rings is 1. The van der Waals surface area contributed by atoms with Crippen LogP contribution in [-0.4, -0.2) is 35.1 Å². The second-order valence-corrected chi connectivity index (χ2v) is 5.87. The topological polar surface area (TPSA) is 67.2 Å². The van der Waals surface area contributed by atoms with Crippen LogP contribution in [0.15, 0.2) is 22.6 Å². The molecular weight excluding hydrogens is 274 g/mol. The van der Waals surface area contributed by atoms with E-state index in [1.807, 2.05) is 25.1 Å². The zero-order chi connectivity index (χ0) is 13.9. The smallest absolute Gasteiger partial charge is 0.238 e. The highest BCUT2D eigenvalue weighted by molar-refractivity contribution is 7.99. The van der Waals surface area contributed by atoms with Crippen molar-refractivity contribution < 1.29 is 9.21 Å². The summed E-state index contributed by atoms with van der Waals surface area (Å²) < 4.78 is 5.67. The molecule has 1 fully saturated rings. The monoisotopic (exact) mass is 291 g/mol. The standard InChI is InChI=1S/C14H17N3O2S/c1-9-3-2-4-11-13(9)17-12(19-11)5-6-15-14(18)10-7-20-8-16-10/h2-4,10,16H,5-8H2,1H3,(H,15,18)/t10-/m1/s1. The van der Waals surface area contributed by atoms with Crippen LogP contribution in [0.5, 0.6) is 0 Å². The third kappa shape index (κ3) is 2.81. The van der Waals surface area contributed by atoms with Crippen LogP contribution in [0.25, 0.3) is 11.1 Å². The average Bonchev–Trinajstić information content (AvgIpc) is 3.07. The van der Waals surface area contributed by atoms with Crippen molar-refractivity contribution in [1.82, 2.24) is 15.6 Å². The summed E-state index contributed by atoms with van der Waals surface area (Å²) >= 11 is 1.74. The van der Waals surface area contributed by atoms with Gasteiger partial charge in [-0.3, -0.25) is 10.1 Å². The van der Waals surface area contributed by atoms with Gasteiger partial charge in [0.15, 0.2) is 11.5 Å². The first-order chi connectivity index (χ1) is 9.74. The SMILES string of the molecule is Cc1cccc2oc(CCNC(=O)[C@H]3CSCN3)nc12. The summed E-state index contributed by atoms with van der Waals surface area (Å²) in [4.78, 5) is 16.3. The Morgan fingerprint density at radius 1 is 1.60 bits per heavy atom. The van der Waals surface area contributed by atoms with Crippen LogP contribution in [0.3, 0.4) is 0 Å². The molecule has 0 radical (unpaired) electrons. The molecule has 5 nitrogen and oxygen atoms in total. The molecule has 3 rings (SSSR count). The largest absolute Gasteiger partial charge is 0.441 e. The molecule has 1 amide bonds. The fourth-order valence-corrected chi connectivity index (χ4v) is 3.16. The zero-order valence-corrected chi connectivity index (χ0v) is 12.1. The predicted molar refractivity (Wildman–Crippen MR) is 79.7 cm³/mol. The van der Waals surface area contributed by atoms with Gasteiger partial charge in [0.25, 0.3) is 0 Å². The zero-order valence-electron chi connectivity index (χ0n) is 11.3. The summed E-state index contributed by atoms with van der Waals surface area (Å²) in [6, 6.07) is 5.82. The van der Waals surface area contributed by atoms with E-state index in [0.29, 0.717) is 18.9 Å². The van der Waals surface area contributed by atoms with Crippen molar-refractivity contribution in [3.8, 4) is 0 Å². The molecule has 1 aliphatic heterocycles. The fourth-order valence-electron chi connectivity index (χ4n) is 2.22. The Labute approximate surface area is 121 Å². The second-order valence-electron chi connectivity index (χ2n) is 4.84. The molecule has 2 aromatic rings. The number of rotatable bonds is 4. The Balaban J connectivity index is 1.57. The van der Waals surface area contributed by atoms with Crippen molar-refractivity contribution in [2.45, 2.75) is 19.4 Å². The van der Waals surface area contributed by atoms with Gasteiger partial charge in [-0.15, -0.1) is 11.8 Å². The first kappa shape index (κ1) is 13.5. The van der Waals surface area contributed by atoms with Gasteiger partial charge in [0, 0.05) is 24.6 Å². The maximum Gasteiger partial charge on any atom is 0.238 e. The Kier molecular flexibility index (Phi) is 3.93. The number of nitrogens with one attached hydrogen (secondary N) is 2. The van der Waals surface area contributed by atoms with Crippen LogP contribution in [-0.2, 0) is 11.2 Å². The molecule has 1 aliphatic rings. The van der Waals surface area contributed by atoms with Crippen LogP contribution in [0.4, 0.5) is 0 Å². The summed E-state index contributed by atoms with van der Waals surface area (Å²) in [5.41, 5.74) is 2.82. The molecule has 0 unspecified atom stereocenters. The highest BCUT2D eigenvalue weighted by Gasteiger charge is 2.21. The minimum atomic E-state index is -0.0640. The lowest BCUT2D eigenvalue weighted by Crippen LogP contribution is -2.42. The number of amides is 1. The molecule has 0 spiro atoms. The Bertz CT molecular complexity index is 620. The Morgan fingerprint density at radius 2 is 2.50 bits per heavy atom. The number of carbonyl (C=O) groups is 1. The maximum absolute atomic E-state index is 11.8. The van der Waals surface area contributed by atoms with Crippen molar-refractivity contribution in [2.24, 2.45) is 0 Å². The van der Waals surface area contributed by atoms with Gasteiger partial charge < -0.3 is 9.73 Å². The predicted octanol–water partition coefficient (Wildman–Crippen LogP) is 1.46. The van der Waals surface area contributed by atoms with Gasteiger partial charge >= 0.3 is 0 Å². The van der Waals surface area contributed by atoms with E-state index in [1.54, 1.807) is 11.8 Å². The molecule has 1 aromatic heterocycles. The minimum absolute atomic E-state index is 0.0577. The lowest BCUT2D eigenvalue weighted by molar-refractivity contribution is -0.122. The number of thioether (sulfide) groups is 1. The molecule has 0 aliphatic carbocycles. The molecule has 0 bridgehead atoms. The highest BCUT2D eigenvalue weighted by atomic mass is 32.2. The van der Waals surface area contributed by atoms with E-state index in [-0.39, 0.29) is 11.9 Å². The van der Waals surface area contributed by atoms with Gasteiger partial charge in [0.1, 0.15) is 5.52 Å². The summed E-state index contributed by atoms with van der Waals surface area (Å²) in [6.07, 6.45) is 0.611. The van der Waals surface area contributed by atoms with Crippen molar-refractivity contribution in [3.63, 3.8) is 0 Å². The molecule has 2 heterocycles. The number of nitrogens with zero attached hydrogens (tertiary/aromatic N) is 1. The quantitative estimate of drug-likeness (QED) is 0.892. The van der Waals surface area contributed by atoms with E-state index in [9.17, 15) is 4.79 Å². The van der Waals surface area contributed by atoms with Gasteiger partial charge in [-0.1, -0.05) is 12.1 Å². The number of carbonyl (C=O) groups excluding carboxylic acids is 1. The van der Waals surface area contributed by atoms with Crippen LogP contribution in [0, 0.1) is 6.92 Å². The van der Waals surface area contributed by atoms with Crippen LogP contribution < -0.4 is 10.6 Å². The molecule has 1 saturated heterocycles. The van der Waals surface area contributed by atoms with Crippen molar-refractivity contribution in [1.29, 1.82) is 0 Å². The molecule has 1 aromatic carbocycles.